The zero-order valence-electron chi connectivity index (χ0n) is 11.0. The van der Waals surface area contributed by atoms with Crippen molar-refractivity contribution in [2.75, 3.05) is 13.1 Å². The summed E-state index contributed by atoms with van der Waals surface area (Å²) in [5.41, 5.74) is 0.775. The molecule has 4 nitrogen and oxygen atoms in total. The van der Waals surface area contributed by atoms with Crippen molar-refractivity contribution in [3.63, 3.8) is 0 Å². The van der Waals surface area contributed by atoms with Crippen molar-refractivity contribution in [1.82, 2.24) is 9.47 Å². The molecule has 0 bridgehead atoms. The third kappa shape index (κ3) is 2.50. The van der Waals surface area contributed by atoms with E-state index in [1.807, 2.05) is 21.6 Å². The third-order valence-corrected chi connectivity index (χ3v) is 4.20. The number of likely N-dealkylation sites (tertiary alicyclic amines) is 1. The fourth-order valence-electron chi connectivity index (χ4n) is 2.63. The molecule has 1 amide bonds. The fourth-order valence-corrected chi connectivity index (χ4v) is 2.98. The van der Waals surface area contributed by atoms with Crippen LogP contribution < -0.4 is 5.43 Å². The zero-order chi connectivity index (χ0) is 14.1. The maximum Gasteiger partial charge on any atom is 0.242 e. The van der Waals surface area contributed by atoms with Gasteiger partial charge in [-0.1, -0.05) is 15.9 Å². The van der Waals surface area contributed by atoms with E-state index < -0.39 is 0 Å². The summed E-state index contributed by atoms with van der Waals surface area (Å²) in [6, 6.07) is 7.04. The van der Waals surface area contributed by atoms with Gasteiger partial charge >= 0.3 is 0 Å². The number of pyridine rings is 1. The lowest BCUT2D eigenvalue weighted by Crippen LogP contribution is -2.31. The first-order chi connectivity index (χ1) is 9.65. The highest BCUT2D eigenvalue weighted by atomic mass is 79.9. The molecule has 0 saturated carbocycles. The van der Waals surface area contributed by atoms with E-state index in [0.29, 0.717) is 5.39 Å². The van der Waals surface area contributed by atoms with Crippen molar-refractivity contribution < 1.29 is 4.79 Å². The molecular weight excluding hydrogens is 320 g/mol. The molecule has 0 atom stereocenters. The molecule has 0 N–H and O–H groups in total. The summed E-state index contributed by atoms with van der Waals surface area (Å²) in [5.74, 6) is 0.118. The average Bonchev–Trinajstić information content (AvgIpc) is 2.96. The fraction of sp³-hybridized carbons (Fsp3) is 0.333. The van der Waals surface area contributed by atoms with Gasteiger partial charge in [0.25, 0.3) is 0 Å². The van der Waals surface area contributed by atoms with Crippen LogP contribution in [-0.4, -0.2) is 28.5 Å². The first-order valence-electron chi connectivity index (χ1n) is 6.71. The van der Waals surface area contributed by atoms with E-state index in [2.05, 4.69) is 15.9 Å². The molecule has 1 aromatic carbocycles. The highest BCUT2D eigenvalue weighted by molar-refractivity contribution is 9.10. The quantitative estimate of drug-likeness (QED) is 0.846. The van der Waals surface area contributed by atoms with Crippen molar-refractivity contribution in [1.29, 1.82) is 0 Å². The highest BCUT2D eigenvalue weighted by Gasteiger charge is 2.18. The van der Waals surface area contributed by atoms with Gasteiger partial charge < -0.3 is 9.47 Å². The number of nitrogens with zero attached hydrogens (tertiary/aromatic N) is 2. The lowest BCUT2D eigenvalue weighted by atomic mass is 10.2. The molecule has 1 aliphatic rings. The Morgan fingerprint density at radius 1 is 1.20 bits per heavy atom. The minimum Gasteiger partial charge on any atom is -0.341 e. The minimum atomic E-state index is -0.0163. The molecule has 104 valence electrons. The Kier molecular flexibility index (Phi) is 3.61. The van der Waals surface area contributed by atoms with Crippen molar-refractivity contribution in [3.05, 3.63) is 45.2 Å². The standard InChI is InChI=1S/C15H15BrN2O2/c16-11-3-4-12-13(9-11)18(8-5-14(12)19)10-15(20)17-6-1-2-7-17/h3-5,8-9H,1-2,6-7,10H2. The van der Waals surface area contributed by atoms with E-state index in [-0.39, 0.29) is 17.9 Å². The molecule has 0 radical (unpaired) electrons. The van der Waals surface area contributed by atoms with Crippen LogP contribution >= 0.6 is 15.9 Å². The number of amides is 1. The van der Waals surface area contributed by atoms with Crippen LogP contribution in [0.3, 0.4) is 0 Å². The van der Waals surface area contributed by atoms with Crippen molar-refractivity contribution in [2.24, 2.45) is 0 Å². The number of aromatic nitrogens is 1. The number of fused-ring (bicyclic) bond motifs is 1. The van der Waals surface area contributed by atoms with Gasteiger partial charge in [-0.3, -0.25) is 9.59 Å². The summed E-state index contributed by atoms with van der Waals surface area (Å²) < 4.78 is 2.75. The van der Waals surface area contributed by atoms with Crippen LogP contribution in [0.1, 0.15) is 12.8 Å². The number of rotatable bonds is 2. The second-order valence-electron chi connectivity index (χ2n) is 5.06. The lowest BCUT2D eigenvalue weighted by molar-refractivity contribution is -0.130. The summed E-state index contributed by atoms with van der Waals surface area (Å²) in [7, 11) is 0. The summed E-state index contributed by atoms with van der Waals surface area (Å²) in [6.07, 6.45) is 3.87. The maximum absolute atomic E-state index is 12.2. The molecule has 0 spiro atoms. The first-order valence-corrected chi connectivity index (χ1v) is 7.51. The summed E-state index contributed by atoms with van der Waals surface area (Å²) >= 11 is 3.41. The molecule has 2 aromatic rings. The predicted molar refractivity (Wildman–Crippen MR) is 81.7 cm³/mol. The lowest BCUT2D eigenvalue weighted by Gasteiger charge is -2.17. The number of carbonyl (C=O) groups is 1. The Balaban J connectivity index is 1.98. The molecule has 1 saturated heterocycles. The Morgan fingerprint density at radius 3 is 2.70 bits per heavy atom. The Bertz CT molecular complexity index is 717. The molecule has 1 aromatic heterocycles. The van der Waals surface area contributed by atoms with Crippen molar-refractivity contribution in [2.45, 2.75) is 19.4 Å². The van der Waals surface area contributed by atoms with E-state index in [1.165, 1.54) is 6.07 Å². The first kappa shape index (κ1) is 13.4. The van der Waals surface area contributed by atoms with E-state index >= 15 is 0 Å². The molecule has 0 aliphatic carbocycles. The smallest absolute Gasteiger partial charge is 0.242 e. The van der Waals surface area contributed by atoms with Gasteiger partial charge in [0.1, 0.15) is 6.54 Å². The number of halogens is 1. The Labute approximate surface area is 125 Å². The van der Waals surface area contributed by atoms with Crippen LogP contribution in [0.15, 0.2) is 39.7 Å². The van der Waals surface area contributed by atoms with Gasteiger partial charge in [-0.05, 0) is 31.0 Å². The van der Waals surface area contributed by atoms with E-state index in [9.17, 15) is 9.59 Å². The number of hydrogen-bond acceptors (Lipinski definition) is 2. The molecule has 1 aliphatic heterocycles. The Hall–Kier alpha value is -1.62. The minimum absolute atomic E-state index is 0.0163. The number of benzene rings is 1. The zero-order valence-corrected chi connectivity index (χ0v) is 12.6. The monoisotopic (exact) mass is 334 g/mol. The third-order valence-electron chi connectivity index (χ3n) is 3.70. The molecule has 2 heterocycles. The molecular formula is C15H15BrN2O2. The number of hydrogen-bond donors (Lipinski definition) is 0. The van der Waals surface area contributed by atoms with Crippen LogP contribution in [0.25, 0.3) is 10.9 Å². The largest absolute Gasteiger partial charge is 0.341 e. The predicted octanol–water partition coefficient (Wildman–Crippen LogP) is 2.39. The van der Waals surface area contributed by atoms with Crippen LogP contribution in [0, 0.1) is 0 Å². The van der Waals surface area contributed by atoms with Crippen LogP contribution in [0.4, 0.5) is 0 Å². The molecule has 5 heteroatoms. The van der Waals surface area contributed by atoms with Crippen LogP contribution in [0.5, 0.6) is 0 Å². The van der Waals surface area contributed by atoms with Gasteiger partial charge in [-0.2, -0.15) is 0 Å². The van der Waals surface area contributed by atoms with E-state index in [4.69, 9.17) is 0 Å². The molecule has 3 rings (SSSR count). The summed E-state index contributed by atoms with van der Waals surface area (Å²) in [5, 5.41) is 0.643. The van der Waals surface area contributed by atoms with Crippen molar-refractivity contribution >= 4 is 32.7 Å². The SMILES string of the molecule is O=C(Cn1ccc(=O)c2ccc(Br)cc21)N1CCCC1. The van der Waals surface area contributed by atoms with Gasteiger partial charge in [0.15, 0.2) is 5.43 Å². The summed E-state index contributed by atoms with van der Waals surface area (Å²) in [6.45, 7) is 1.98. The number of carbonyl (C=O) groups excluding carboxylic acids is 1. The topological polar surface area (TPSA) is 42.3 Å². The van der Waals surface area contributed by atoms with Gasteiger partial charge in [0.2, 0.25) is 5.91 Å². The second-order valence-corrected chi connectivity index (χ2v) is 5.97. The van der Waals surface area contributed by atoms with Crippen LogP contribution in [0.2, 0.25) is 0 Å². The molecule has 1 fully saturated rings. The Morgan fingerprint density at radius 2 is 1.95 bits per heavy atom. The second kappa shape index (κ2) is 5.40. The highest BCUT2D eigenvalue weighted by Crippen LogP contribution is 2.18. The normalized spacial score (nSPS) is 14.9. The summed E-state index contributed by atoms with van der Waals surface area (Å²) in [4.78, 5) is 26.0. The average molecular weight is 335 g/mol. The maximum atomic E-state index is 12.2. The molecule has 0 unspecified atom stereocenters. The van der Waals surface area contributed by atoms with Crippen LogP contribution in [-0.2, 0) is 11.3 Å². The van der Waals surface area contributed by atoms with Gasteiger partial charge in [-0.25, -0.2) is 0 Å². The van der Waals surface area contributed by atoms with Gasteiger partial charge in [0.05, 0.1) is 5.52 Å². The van der Waals surface area contributed by atoms with Gasteiger partial charge in [0, 0.05) is 35.2 Å². The van der Waals surface area contributed by atoms with Gasteiger partial charge in [-0.15, -0.1) is 0 Å². The van der Waals surface area contributed by atoms with E-state index in [1.54, 1.807) is 12.3 Å². The van der Waals surface area contributed by atoms with Crippen molar-refractivity contribution in [3.8, 4) is 0 Å². The van der Waals surface area contributed by atoms with E-state index in [0.717, 1.165) is 35.9 Å². The molecule has 20 heavy (non-hydrogen) atoms.